The van der Waals surface area contributed by atoms with Gasteiger partial charge in [0.05, 0.1) is 12.2 Å². The normalized spacial score (nSPS) is 27.7. The Labute approximate surface area is 260 Å². The molecule has 0 amide bonds. The minimum absolute atomic E-state index is 0.0483. The first kappa shape index (κ1) is 36.6. The van der Waals surface area contributed by atoms with Gasteiger partial charge in [-0.05, 0) is 105 Å². The van der Waals surface area contributed by atoms with Crippen LogP contribution < -0.4 is 0 Å². The van der Waals surface area contributed by atoms with Crippen molar-refractivity contribution in [1.82, 2.24) is 0 Å². The lowest BCUT2D eigenvalue weighted by molar-refractivity contribution is 0.116. The van der Waals surface area contributed by atoms with Crippen molar-refractivity contribution in [3.05, 3.63) is 71.4 Å². The molecule has 2 heteroatoms. The molecule has 0 radical (unpaired) electrons. The number of aliphatic hydroxyl groups excluding tert-OH is 2. The van der Waals surface area contributed by atoms with Crippen molar-refractivity contribution in [2.45, 2.75) is 139 Å². The number of rotatable bonds is 15. The van der Waals surface area contributed by atoms with Crippen LogP contribution in [-0.2, 0) is 0 Å². The van der Waals surface area contributed by atoms with Crippen LogP contribution in [0, 0.1) is 40.4 Å². The van der Waals surface area contributed by atoms with E-state index in [1.165, 1.54) is 48.8 Å². The summed E-state index contributed by atoms with van der Waals surface area (Å²) in [6, 6.07) is 0. The molecule has 0 aliphatic heterocycles. The summed E-state index contributed by atoms with van der Waals surface area (Å²) in [7, 11) is 0. The van der Waals surface area contributed by atoms with E-state index in [1.807, 2.05) is 6.08 Å². The van der Waals surface area contributed by atoms with Gasteiger partial charge in [0.1, 0.15) is 0 Å². The second kappa shape index (κ2) is 17.0. The second-order valence-corrected chi connectivity index (χ2v) is 15.6. The van der Waals surface area contributed by atoms with Crippen molar-refractivity contribution in [2.75, 3.05) is 0 Å². The van der Waals surface area contributed by atoms with E-state index in [0.717, 1.165) is 25.7 Å². The van der Waals surface area contributed by atoms with Crippen molar-refractivity contribution in [3.63, 3.8) is 0 Å². The summed E-state index contributed by atoms with van der Waals surface area (Å²) in [6.07, 6.45) is 30.4. The molecule has 2 rings (SSSR count). The Balaban J connectivity index is 1.64. The van der Waals surface area contributed by atoms with E-state index in [0.29, 0.717) is 29.6 Å². The molecular weight excluding hydrogens is 512 g/mol. The van der Waals surface area contributed by atoms with Crippen LogP contribution in [0.25, 0.3) is 0 Å². The minimum Gasteiger partial charge on any atom is -0.393 e. The zero-order chi connectivity index (χ0) is 31.5. The highest BCUT2D eigenvalue weighted by atomic mass is 16.3. The Morgan fingerprint density at radius 1 is 0.857 bits per heavy atom. The molecule has 2 aliphatic rings. The average Bonchev–Trinajstić information content (AvgIpc) is 2.84. The molecule has 0 fully saturated rings. The third-order valence-corrected chi connectivity index (χ3v) is 9.79. The van der Waals surface area contributed by atoms with Gasteiger partial charge in [0.25, 0.3) is 0 Å². The van der Waals surface area contributed by atoms with Gasteiger partial charge in [-0.25, -0.2) is 0 Å². The zero-order valence-corrected chi connectivity index (χ0v) is 29.0. The lowest BCUT2D eigenvalue weighted by Crippen LogP contribution is -2.32. The van der Waals surface area contributed by atoms with E-state index in [2.05, 4.69) is 118 Å². The monoisotopic (exact) mass is 579 g/mol. The van der Waals surface area contributed by atoms with Gasteiger partial charge in [0.15, 0.2) is 0 Å². The summed E-state index contributed by atoms with van der Waals surface area (Å²) in [4.78, 5) is 0. The molecule has 4 unspecified atom stereocenters. The van der Waals surface area contributed by atoms with Crippen LogP contribution in [0.15, 0.2) is 71.4 Å². The van der Waals surface area contributed by atoms with Crippen LogP contribution in [-0.4, -0.2) is 22.4 Å². The van der Waals surface area contributed by atoms with Crippen molar-refractivity contribution >= 4 is 0 Å². The predicted octanol–water partition coefficient (Wildman–Crippen LogP) is 10.9. The third-order valence-electron chi connectivity index (χ3n) is 9.79. The number of allylic oxidation sites excluding steroid dienone is 10. The fraction of sp³-hybridized carbons (Fsp3) is 0.700. The van der Waals surface area contributed by atoms with Gasteiger partial charge in [-0.2, -0.15) is 0 Å². The molecule has 7 atom stereocenters. The van der Waals surface area contributed by atoms with Crippen molar-refractivity contribution in [2.24, 2.45) is 40.4 Å². The van der Waals surface area contributed by atoms with Crippen LogP contribution in [0.3, 0.4) is 0 Å². The van der Waals surface area contributed by atoms with E-state index in [4.69, 9.17) is 0 Å². The SMILES string of the molecule is CC1=C[C@H](O)CC(C)(C)[C@H]1/C=C/C(C)CCCC(C)/C=C/CCC(C)C/C=C/C(C)/C=C/C1=C(C)C[C@H](O)CC1(C)C. The third kappa shape index (κ3) is 12.5. The van der Waals surface area contributed by atoms with E-state index < -0.39 is 0 Å². The number of hydrogen-bond donors (Lipinski definition) is 2. The van der Waals surface area contributed by atoms with Gasteiger partial charge in [0, 0.05) is 5.92 Å². The fourth-order valence-corrected chi connectivity index (χ4v) is 7.26. The molecule has 0 aromatic rings. The van der Waals surface area contributed by atoms with Gasteiger partial charge in [0.2, 0.25) is 0 Å². The first-order chi connectivity index (χ1) is 19.6. The van der Waals surface area contributed by atoms with Crippen LogP contribution >= 0.6 is 0 Å². The van der Waals surface area contributed by atoms with Crippen molar-refractivity contribution in [1.29, 1.82) is 0 Å². The van der Waals surface area contributed by atoms with E-state index in [9.17, 15) is 10.2 Å². The minimum atomic E-state index is -0.294. The van der Waals surface area contributed by atoms with Crippen LogP contribution in [0.1, 0.15) is 127 Å². The summed E-state index contributed by atoms with van der Waals surface area (Å²) in [5.74, 6) is 2.79. The molecule has 0 bridgehead atoms. The van der Waals surface area contributed by atoms with Crippen molar-refractivity contribution in [3.8, 4) is 0 Å². The van der Waals surface area contributed by atoms with Gasteiger partial charge in [-0.15, -0.1) is 0 Å². The molecule has 238 valence electrons. The quantitative estimate of drug-likeness (QED) is 0.190. The summed E-state index contributed by atoms with van der Waals surface area (Å²) in [5.41, 5.74) is 4.21. The number of hydrogen-bond acceptors (Lipinski definition) is 2. The predicted molar refractivity (Wildman–Crippen MR) is 184 cm³/mol. The molecule has 0 saturated heterocycles. The highest BCUT2D eigenvalue weighted by Gasteiger charge is 2.34. The molecule has 42 heavy (non-hydrogen) atoms. The molecule has 2 aliphatic carbocycles. The van der Waals surface area contributed by atoms with E-state index in [1.54, 1.807) is 0 Å². The Morgan fingerprint density at radius 2 is 1.52 bits per heavy atom. The van der Waals surface area contributed by atoms with Crippen LogP contribution in [0.4, 0.5) is 0 Å². The standard InChI is InChI=1S/C40H66O2/c1-29(17-13-19-31(3)21-23-37-33(5)25-35(41)27-39(37,7)8)15-11-12-16-30(2)18-14-20-32(4)22-24-38-34(6)26-36(42)28-40(38,9)10/h11,14-15,20-25,29-32,35-37,41-42H,12-13,16-19,26-28H2,1-10H3/b15-11+,20-14+,23-21+,24-22+/t29?,30?,31?,32?,35-,36-,37-/m0/s1. The lowest BCUT2D eigenvalue weighted by atomic mass is 9.67. The first-order valence-corrected chi connectivity index (χ1v) is 17.0. The van der Waals surface area contributed by atoms with Crippen molar-refractivity contribution < 1.29 is 10.2 Å². The Kier molecular flexibility index (Phi) is 14.8. The highest BCUT2D eigenvalue weighted by Crippen LogP contribution is 2.42. The maximum absolute atomic E-state index is 10.1. The highest BCUT2D eigenvalue weighted by molar-refractivity contribution is 5.34. The molecule has 2 nitrogen and oxygen atoms in total. The lowest BCUT2D eigenvalue weighted by Gasteiger charge is -2.39. The molecule has 0 aromatic heterocycles. The Morgan fingerprint density at radius 3 is 2.17 bits per heavy atom. The summed E-state index contributed by atoms with van der Waals surface area (Å²) < 4.78 is 0. The molecule has 2 N–H and O–H groups in total. The maximum Gasteiger partial charge on any atom is 0.0729 e. The van der Waals surface area contributed by atoms with E-state index >= 15 is 0 Å². The van der Waals surface area contributed by atoms with Gasteiger partial charge in [-0.3, -0.25) is 0 Å². The molecule has 0 aromatic carbocycles. The summed E-state index contributed by atoms with van der Waals surface area (Å²) in [5, 5.41) is 20.2. The largest absolute Gasteiger partial charge is 0.393 e. The number of aliphatic hydroxyl groups is 2. The molecular formula is C40H66O2. The van der Waals surface area contributed by atoms with Gasteiger partial charge >= 0.3 is 0 Å². The van der Waals surface area contributed by atoms with Gasteiger partial charge in [-0.1, -0.05) is 128 Å². The molecule has 0 saturated carbocycles. The molecule has 0 heterocycles. The van der Waals surface area contributed by atoms with Crippen LogP contribution in [0.2, 0.25) is 0 Å². The Hall–Kier alpha value is -1.64. The summed E-state index contributed by atoms with van der Waals surface area (Å²) >= 11 is 0. The van der Waals surface area contributed by atoms with Gasteiger partial charge < -0.3 is 10.2 Å². The van der Waals surface area contributed by atoms with Crippen LogP contribution in [0.5, 0.6) is 0 Å². The first-order valence-electron chi connectivity index (χ1n) is 17.0. The smallest absolute Gasteiger partial charge is 0.0729 e. The summed E-state index contributed by atoms with van der Waals surface area (Å²) in [6.45, 7) is 22.7. The zero-order valence-electron chi connectivity index (χ0n) is 29.0. The maximum atomic E-state index is 10.1. The topological polar surface area (TPSA) is 40.5 Å². The van der Waals surface area contributed by atoms with E-state index in [-0.39, 0.29) is 23.0 Å². The fourth-order valence-electron chi connectivity index (χ4n) is 7.26. The second-order valence-electron chi connectivity index (χ2n) is 15.6. The molecule has 0 spiro atoms. The Bertz CT molecular complexity index is 1000. The average molecular weight is 579 g/mol.